The summed E-state index contributed by atoms with van der Waals surface area (Å²) in [6.45, 7) is 1.98. The third kappa shape index (κ3) is 5.36. The number of nitrogens with one attached hydrogen (secondary N) is 2. The van der Waals surface area contributed by atoms with E-state index in [0.29, 0.717) is 17.6 Å². The lowest BCUT2D eigenvalue weighted by molar-refractivity contribution is -0.113. The molecule has 2 N–H and O–H groups in total. The molecule has 1 aromatic carbocycles. The Hall–Kier alpha value is -1.77. The molecule has 0 aliphatic carbocycles. The van der Waals surface area contributed by atoms with Crippen molar-refractivity contribution in [1.82, 2.24) is 20.1 Å². The van der Waals surface area contributed by atoms with Crippen LogP contribution in [-0.2, 0) is 11.8 Å². The lowest BCUT2D eigenvalue weighted by Gasteiger charge is -2.19. The summed E-state index contributed by atoms with van der Waals surface area (Å²) in [6, 6.07) is 7.64. The molecule has 1 fully saturated rings. The summed E-state index contributed by atoms with van der Waals surface area (Å²) < 4.78 is 6.77. The molecule has 1 amide bonds. The number of amides is 1. The molecule has 0 saturated carbocycles. The molecule has 0 unspecified atom stereocenters. The average molecular weight is 398 g/mol. The van der Waals surface area contributed by atoms with Crippen LogP contribution in [-0.4, -0.2) is 46.6 Å². The highest BCUT2D eigenvalue weighted by atomic mass is 35.5. The maximum Gasteiger partial charge on any atom is 0.237 e. The van der Waals surface area contributed by atoms with E-state index in [4.69, 9.17) is 4.74 Å². The van der Waals surface area contributed by atoms with E-state index in [-0.39, 0.29) is 18.3 Å². The largest absolute Gasteiger partial charge is 0.497 e. The van der Waals surface area contributed by atoms with Gasteiger partial charge in [-0.1, -0.05) is 0 Å². The molecule has 9 heteroatoms. The third-order valence-corrected chi connectivity index (χ3v) is 5.18. The van der Waals surface area contributed by atoms with Gasteiger partial charge in [0.2, 0.25) is 11.9 Å². The maximum atomic E-state index is 12.2. The van der Waals surface area contributed by atoms with Crippen LogP contribution < -0.4 is 15.4 Å². The molecule has 0 spiro atoms. The normalized spacial score (nSPS) is 14.5. The van der Waals surface area contributed by atoms with Crippen LogP contribution in [0, 0.1) is 0 Å². The van der Waals surface area contributed by atoms with E-state index in [0.717, 1.165) is 42.4 Å². The van der Waals surface area contributed by atoms with E-state index in [2.05, 4.69) is 20.7 Å². The quantitative estimate of drug-likeness (QED) is 0.728. The Morgan fingerprint density at radius 2 is 2.04 bits per heavy atom. The van der Waals surface area contributed by atoms with Gasteiger partial charge in [0, 0.05) is 17.9 Å². The van der Waals surface area contributed by atoms with E-state index < -0.39 is 0 Å². The molecular weight excluding hydrogens is 374 g/mol. The number of rotatable bonds is 6. The van der Waals surface area contributed by atoms with Crippen LogP contribution in [0.15, 0.2) is 29.2 Å². The van der Waals surface area contributed by atoms with Crippen molar-refractivity contribution >= 4 is 36.0 Å². The highest BCUT2D eigenvalue weighted by Gasteiger charge is 2.21. The monoisotopic (exact) mass is 397 g/mol. The summed E-state index contributed by atoms with van der Waals surface area (Å²) in [4.78, 5) is 17.7. The van der Waals surface area contributed by atoms with Crippen molar-refractivity contribution in [3.05, 3.63) is 30.1 Å². The van der Waals surface area contributed by atoms with Crippen LogP contribution in [0.4, 0.5) is 5.95 Å². The van der Waals surface area contributed by atoms with Gasteiger partial charge in [-0.15, -0.1) is 24.2 Å². The fourth-order valence-electron chi connectivity index (χ4n) is 2.75. The zero-order valence-electron chi connectivity index (χ0n) is 14.9. The first-order valence-electron chi connectivity index (χ1n) is 8.34. The highest BCUT2D eigenvalue weighted by Crippen LogP contribution is 2.24. The summed E-state index contributed by atoms with van der Waals surface area (Å²) in [5, 5.41) is 10.7. The van der Waals surface area contributed by atoms with Crippen molar-refractivity contribution < 1.29 is 9.53 Å². The molecule has 1 aliphatic rings. The van der Waals surface area contributed by atoms with Crippen molar-refractivity contribution in [2.24, 2.45) is 7.05 Å². The number of ether oxygens (including phenoxy) is 1. The van der Waals surface area contributed by atoms with E-state index >= 15 is 0 Å². The van der Waals surface area contributed by atoms with Crippen LogP contribution >= 0.6 is 24.2 Å². The van der Waals surface area contributed by atoms with E-state index in [1.54, 1.807) is 11.8 Å². The van der Waals surface area contributed by atoms with Crippen molar-refractivity contribution in [2.75, 3.05) is 31.3 Å². The van der Waals surface area contributed by atoms with Gasteiger partial charge in [-0.05, 0) is 50.2 Å². The SMILES string of the molecule is COc1ccc(SCC(=O)Nc2nc(C3CCNCC3)nn2C)cc1.Cl. The number of halogens is 1. The lowest BCUT2D eigenvalue weighted by Crippen LogP contribution is -2.27. The number of carbonyl (C=O) groups excluding carboxylic acids is 1. The predicted molar refractivity (Wildman–Crippen MR) is 105 cm³/mol. The number of hydrogen-bond acceptors (Lipinski definition) is 6. The standard InChI is InChI=1S/C17H23N5O2S.ClH/c1-22-17(20-16(21-22)12-7-9-18-10-8-12)19-15(23)11-25-14-5-3-13(24-2)4-6-14;/h3-6,12,18H,7-11H2,1-2H3,(H,19,20,21,23);1H. The second-order valence-electron chi connectivity index (χ2n) is 5.95. The first kappa shape index (κ1) is 20.5. The van der Waals surface area contributed by atoms with Gasteiger partial charge in [0.1, 0.15) is 5.75 Å². The van der Waals surface area contributed by atoms with Crippen LogP contribution in [0.3, 0.4) is 0 Å². The first-order valence-corrected chi connectivity index (χ1v) is 9.32. The molecule has 0 atom stereocenters. The molecule has 2 aromatic rings. The topological polar surface area (TPSA) is 81.1 Å². The minimum atomic E-state index is -0.0896. The van der Waals surface area contributed by atoms with Crippen molar-refractivity contribution in [3.63, 3.8) is 0 Å². The average Bonchev–Trinajstić information content (AvgIpc) is 3.01. The van der Waals surface area contributed by atoms with Gasteiger partial charge in [0.15, 0.2) is 5.82 Å². The maximum absolute atomic E-state index is 12.2. The zero-order valence-corrected chi connectivity index (χ0v) is 16.5. The number of benzene rings is 1. The van der Waals surface area contributed by atoms with E-state index in [1.165, 1.54) is 11.8 Å². The summed E-state index contributed by atoms with van der Waals surface area (Å²) in [6.07, 6.45) is 2.06. The molecule has 7 nitrogen and oxygen atoms in total. The number of carbonyl (C=O) groups is 1. The molecule has 2 heterocycles. The van der Waals surface area contributed by atoms with Crippen LogP contribution in [0.1, 0.15) is 24.6 Å². The number of hydrogen-bond donors (Lipinski definition) is 2. The van der Waals surface area contributed by atoms with Gasteiger partial charge >= 0.3 is 0 Å². The van der Waals surface area contributed by atoms with Gasteiger partial charge in [0.25, 0.3) is 0 Å². The Balaban J connectivity index is 0.00000243. The third-order valence-electron chi connectivity index (χ3n) is 4.16. The van der Waals surface area contributed by atoms with Crippen molar-refractivity contribution in [1.29, 1.82) is 0 Å². The summed E-state index contributed by atoms with van der Waals surface area (Å²) in [5.74, 6) is 2.73. The molecule has 0 radical (unpaired) electrons. The molecule has 3 rings (SSSR count). The summed E-state index contributed by atoms with van der Waals surface area (Å²) >= 11 is 1.47. The van der Waals surface area contributed by atoms with E-state index in [1.807, 2.05) is 31.3 Å². The number of aromatic nitrogens is 3. The number of anilines is 1. The predicted octanol–water partition coefficient (Wildman–Crippen LogP) is 2.44. The van der Waals surface area contributed by atoms with Crippen LogP contribution in [0.5, 0.6) is 5.75 Å². The van der Waals surface area contributed by atoms with Gasteiger partial charge in [-0.3, -0.25) is 10.1 Å². The Bertz CT molecular complexity index is 716. The fraction of sp³-hybridized carbons (Fsp3) is 0.471. The Morgan fingerprint density at radius 1 is 1.35 bits per heavy atom. The minimum absolute atomic E-state index is 0. The van der Waals surface area contributed by atoms with Gasteiger partial charge in [-0.25, -0.2) is 4.68 Å². The van der Waals surface area contributed by atoms with Crippen molar-refractivity contribution in [3.8, 4) is 5.75 Å². The molecule has 1 saturated heterocycles. The fourth-order valence-corrected chi connectivity index (χ4v) is 3.45. The minimum Gasteiger partial charge on any atom is -0.497 e. The Labute approximate surface area is 163 Å². The number of aryl methyl sites for hydroxylation is 1. The molecule has 1 aromatic heterocycles. The second kappa shape index (κ2) is 9.80. The first-order chi connectivity index (χ1) is 12.2. The Morgan fingerprint density at radius 3 is 2.69 bits per heavy atom. The van der Waals surface area contributed by atoms with Gasteiger partial charge in [0.05, 0.1) is 12.9 Å². The summed E-state index contributed by atoms with van der Waals surface area (Å²) in [5.41, 5.74) is 0. The highest BCUT2D eigenvalue weighted by molar-refractivity contribution is 8.00. The molecule has 142 valence electrons. The molecule has 1 aliphatic heterocycles. The lowest BCUT2D eigenvalue weighted by atomic mass is 9.98. The molecular formula is C17H24ClN5O2S. The second-order valence-corrected chi connectivity index (χ2v) is 7.00. The van der Waals surface area contributed by atoms with E-state index in [9.17, 15) is 4.79 Å². The van der Waals surface area contributed by atoms with Crippen LogP contribution in [0.25, 0.3) is 0 Å². The number of nitrogens with zero attached hydrogens (tertiary/aromatic N) is 3. The van der Waals surface area contributed by atoms with Crippen LogP contribution in [0.2, 0.25) is 0 Å². The van der Waals surface area contributed by atoms with Crippen molar-refractivity contribution in [2.45, 2.75) is 23.7 Å². The smallest absolute Gasteiger partial charge is 0.237 e. The van der Waals surface area contributed by atoms with Gasteiger partial charge in [-0.2, -0.15) is 10.1 Å². The zero-order chi connectivity index (χ0) is 17.6. The number of thioether (sulfide) groups is 1. The Kier molecular flexibility index (Phi) is 7.74. The van der Waals surface area contributed by atoms with Gasteiger partial charge < -0.3 is 10.1 Å². The molecule has 26 heavy (non-hydrogen) atoms. The number of methoxy groups -OCH3 is 1. The summed E-state index contributed by atoms with van der Waals surface area (Å²) in [7, 11) is 3.44. The number of piperidine rings is 1. The molecule has 0 bridgehead atoms.